The van der Waals surface area contributed by atoms with Crippen LogP contribution in [0.4, 0.5) is 0 Å². The van der Waals surface area contributed by atoms with Crippen molar-refractivity contribution in [3.8, 4) is 152 Å². The molecule has 0 unspecified atom stereocenters. The minimum Gasteiger partial charge on any atom is -0.309 e. The molecule has 19 aromatic carbocycles. The molecule has 0 N–H and O–H groups in total. The predicted octanol–water partition coefficient (Wildman–Crippen LogP) is 30.5. The van der Waals surface area contributed by atoms with Crippen molar-refractivity contribution in [1.82, 2.24) is 34.5 Å². The van der Waals surface area contributed by atoms with Crippen molar-refractivity contribution in [2.75, 3.05) is 0 Å². The predicted molar refractivity (Wildman–Crippen MR) is 541 cm³/mol. The fraction of sp³-hybridized carbons (Fsp3) is 0.0400. The highest BCUT2D eigenvalue weighted by Gasteiger charge is 2.49. The van der Waals surface area contributed by atoms with Crippen molar-refractivity contribution in [2.45, 2.75) is 30.1 Å². The Morgan fingerprint density at radius 3 is 0.780 bits per heavy atom. The lowest BCUT2D eigenvalue weighted by molar-refractivity contribution is 0.659. The molecule has 7 nitrogen and oxygen atoms in total. The Bertz CT molecular complexity index is 7860. The fourth-order valence-corrected chi connectivity index (χ4v) is 21.2. The molecule has 3 aliphatic rings. The van der Waals surface area contributed by atoms with E-state index in [-0.39, 0.29) is 5.41 Å². The van der Waals surface area contributed by atoms with E-state index in [1.165, 1.54) is 134 Å². The second-order valence-corrected chi connectivity index (χ2v) is 35.1. The van der Waals surface area contributed by atoms with Gasteiger partial charge in [0.15, 0.2) is 34.9 Å². The molecular formula is C125H85N7. The van der Waals surface area contributed by atoms with Crippen LogP contribution in [0, 0.1) is 0 Å². The van der Waals surface area contributed by atoms with Crippen molar-refractivity contribution >= 4 is 21.8 Å². The maximum absolute atomic E-state index is 5.17. The molecule has 0 amide bonds. The van der Waals surface area contributed by atoms with E-state index in [1.807, 2.05) is 72.8 Å². The van der Waals surface area contributed by atoms with Gasteiger partial charge in [0.05, 0.1) is 21.9 Å². The van der Waals surface area contributed by atoms with Gasteiger partial charge in [-0.25, -0.2) is 29.9 Å². The normalized spacial score (nSPS) is 13.1. The Balaban J connectivity index is 0.000000146. The number of rotatable bonds is 15. The average molecular weight is 1690 g/mol. The number of benzene rings is 19. The van der Waals surface area contributed by atoms with Crippen LogP contribution >= 0.6 is 0 Å². The summed E-state index contributed by atoms with van der Waals surface area (Å²) >= 11 is 0. The van der Waals surface area contributed by atoms with E-state index in [9.17, 15) is 0 Å². The van der Waals surface area contributed by atoms with Gasteiger partial charge >= 0.3 is 0 Å². The Morgan fingerprint density at radius 1 is 0.167 bits per heavy atom. The molecule has 0 radical (unpaired) electrons. The molecule has 0 bridgehead atoms. The number of fused-ring (bicyclic) bond motifs is 12. The van der Waals surface area contributed by atoms with E-state index < -0.39 is 10.8 Å². The molecule has 620 valence electrons. The van der Waals surface area contributed by atoms with E-state index in [2.05, 4.69) is 425 Å². The third kappa shape index (κ3) is 13.3. The first kappa shape index (κ1) is 78.5. The Hall–Kier alpha value is -17.0. The zero-order valence-electron chi connectivity index (χ0n) is 72.7. The Kier molecular flexibility index (Phi) is 19.3. The average Bonchev–Trinajstić information content (AvgIpc) is 1.53. The van der Waals surface area contributed by atoms with Crippen LogP contribution in [0.25, 0.3) is 174 Å². The molecule has 3 aromatic heterocycles. The summed E-state index contributed by atoms with van der Waals surface area (Å²) in [7, 11) is 0. The van der Waals surface area contributed by atoms with Gasteiger partial charge in [-0.2, -0.15) is 0 Å². The first-order valence-electron chi connectivity index (χ1n) is 45.3. The van der Waals surface area contributed by atoms with Gasteiger partial charge < -0.3 is 4.57 Å². The zero-order chi connectivity index (χ0) is 87.9. The van der Waals surface area contributed by atoms with Gasteiger partial charge in [0, 0.05) is 55.3 Å². The van der Waals surface area contributed by atoms with Crippen LogP contribution in [0.15, 0.2) is 479 Å². The first-order chi connectivity index (χ1) is 65.2. The van der Waals surface area contributed by atoms with Gasteiger partial charge in [0.2, 0.25) is 0 Å². The lowest BCUT2D eigenvalue weighted by Gasteiger charge is -2.35. The van der Waals surface area contributed by atoms with Crippen LogP contribution in [0.1, 0.15) is 69.5 Å². The van der Waals surface area contributed by atoms with E-state index >= 15 is 0 Å². The van der Waals surface area contributed by atoms with Crippen LogP contribution < -0.4 is 0 Å². The summed E-state index contributed by atoms with van der Waals surface area (Å²) in [4.78, 5) is 30.6. The lowest BCUT2D eigenvalue weighted by Crippen LogP contribution is -2.29. The molecule has 3 aliphatic carbocycles. The summed E-state index contributed by atoms with van der Waals surface area (Å²) in [5, 5.41) is 2.26. The second kappa shape index (κ2) is 32.4. The summed E-state index contributed by atoms with van der Waals surface area (Å²) in [5.74, 6) is 3.85. The van der Waals surface area contributed by atoms with E-state index in [0.29, 0.717) is 34.9 Å². The van der Waals surface area contributed by atoms with Crippen molar-refractivity contribution in [3.05, 3.63) is 535 Å². The molecule has 0 spiro atoms. The summed E-state index contributed by atoms with van der Waals surface area (Å²) in [6.45, 7) is 4.71. The highest BCUT2D eigenvalue weighted by atomic mass is 15.0. The standard InChI is InChI=1S/C64H42N4.C61H43N3/c1-6-20-43(21-7-1)48-38-49(44-22-8-2-9-23-44)40-51(39-48)64(57-32-18-16-30-53(57)54-31-17-19-33-58(54)64)50-35-37-60-56(42-50)55-41-47(34-36-59(55)68(60)52-28-14-5-15-29-52)63-66-61(45-24-10-3-11-25-45)65-62(67-63)46-26-12-4-13-27-46;1-60(2)53-33-31-44(59-63-57(42-23-11-5-12-24-42)62-58(64-59)43-25-13-6-14-26-43)38-51(53)52-39-47(32-34-54(52)60)61(55-29-17-15-27-49(55)50-28-16-18-30-56(50)61)48-36-45(40-19-7-3-8-20-40)35-46(37-48)41-21-9-4-10-22-41/h1-42H;3-39H,1-2H3. The number of nitrogens with zero attached hydrogens (tertiary/aromatic N) is 7. The molecule has 132 heavy (non-hydrogen) atoms. The van der Waals surface area contributed by atoms with Crippen molar-refractivity contribution < 1.29 is 0 Å². The van der Waals surface area contributed by atoms with Crippen molar-refractivity contribution in [1.29, 1.82) is 0 Å². The molecule has 0 aliphatic heterocycles. The van der Waals surface area contributed by atoms with Crippen LogP contribution in [-0.2, 0) is 16.2 Å². The Labute approximate surface area is 767 Å². The molecule has 0 atom stereocenters. The lowest BCUT2D eigenvalue weighted by atomic mass is 9.66. The largest absolute Gasteiger partial charge is 0.309 e. The Morgan fingerprint density at radius 2 is 0.424 bits per heavy atom. The second-order valence-electron chi connectivity index (χ2n) is 35.1. The number of para-hydroxylation sites is 1. The molecular weight excluding hydrogens is 1600 g/mol. The van der Waals surface area contributed by atoms with Crippen LogP contribution in [0.2, 0.25) is 0 Å². The minimum atomic E-state index is -0.669. The van der Waals surface area contributed by atoms with Gasteiger partial charge in [0.25, 0.3) is 0 Å². The third-order valence-corrected chi connectivity index (χ3v) is 27.3. The molecule has 0 saturated heterocycles. The van der Waals surface area contributed by atoms with Crippen molar-refractivity contribution in [2.24, 2.45) is 0 Å². The number of aromatic nitrogens is 7. The van der Waals surface area contributed by atoms with Crippen LogP contribution in [-0.4, -0.2) is 34.5 Å². The zero-order valence-corrected chi connectivity index (χ0v) is 72.7. The summed E-state index contributed by atoms with van der Waals surface area (Å²) in [6.07, 6.45) is 0. The minimum absolute atomic E-state index is 0.225. The van der Waals surface area contributed by atoms with Gasteiger partial charge in [-0.05, 0) is 225 Å². The van der Waals surface area contributed by atoms with E-state index in [1.54, 1.807) is 0 Å². The van der Waals surface area contributed by atoms with Crippen LogP contribution in [0.3, 0.4) is 0 Å². The molecule has 0 fully saturated rings. The summed E-state index contributed by atoms with van der Waals surface area (Å²) in [5.41, 5.74) is 37.1. The molecule has 25 rings (SSSR count). The number of hydrogen-bond acceptors (Lipinski definition) is 6. The molecule has 7 heteroatoms. The van der Waals surface area contributed by atoms with Crippen LogP contribution in [0.5, 0.6) is 0 Å². The van der Waals surface area contributed by atoms with E-state index in [0.717, 1.165) is 60.9 Å². The van der Waals surface area contributed by atoms with Gasteiger partial charge in [0.1, 0.15) is 0 Å². The topological polar surface area (TPSA) is 82.3 Å². The molecule has 22 aromatic rings. The maximum Gasteiger partial charge on any atom is 0.164 e. The highest BCUT2D eigenvalue weighted by molar-refractivity contribution is 6.11. The smallest absolute Gasteiger partial charge is 0.164 e. The third-order valence-electron chi connectivity index (χ3n) is 27.3. The maximum atomic E-state index is 5.17. The quantitative estimate of drug-likeness (QED) is 0.102. The monoisotopic (exact) mass is 1680 g/mol. The van der Waals surface area contributed by atoms with Gasteiger partial charge in [-0.15, -0.1) is 0 Å². The SMILES string of the molecule is CC1(C)c2ccc(-c3nc(-c4ccccc4)nc(-c4ccccc4)n3)cc2-c2cc(C3(c4cc(-c5ccccc5)cc(-c5ccccc5)c4)c4ccccc4-c4ccccc43)ccc21.c1ccc(-c2cc(-c3ccccc3)cc(C3(c4ccc5c(c4)c4cc(-c6nc(-c7ccccc7)nc(-c7ccccc7)n6)ccc4n5-c4ccccc4)c4ccccc4-c4ccccc43)c2)cc1. The van der Waals surface area contributed by atoms with Gasteiger partial charge in [-0.3, -0.25) is 0 Å². The fourth-order valence-electron chi connectivity index (χ4n) is 21.2. The number of hydrogen-bond donors (Lipinski definition) is 0. The van der Waals surface area contributed by atoms with Crippen molar-refractivity contribution in [3.63, 3.8) is 0 Å². The highest BCUT2D eigenvalue weighted by Crippen LogP contribution is 2.61. The van der Waals surface area contributed by atoms with Gasteiger partial charge in [-0.1, -0.05) is 402 Å². The first-order valence-corrected chi connectivity index (χ1v) is 45.3. The summed E-state index contributed by atoms with van der Waals surface area (Å²) < 4.78 is 2.39. The molecule has 0 saturated carbocycles. The molecule has 3 heterocycles. The summed E-state index contributed by atoms with van der Waals surface area (Å²) in [6, 6.07) is 173. The van der Waals surface area contributed by atoms with E-state index in [4.69, 9.17) is 29.9 Å².